The Morgan fingerprint density at radius 2 is 1.76 bits per heavy atom. The van der Waals surface area contributed by atoms with Crippen molar-refractivity contribution in [3.63, 3.8) is 0 Å². The Morgan fingerprint density at radius 1 is 1.07 bits per heavy atom. The first kappa shape index (κ1) is 19.5. The molecule has 7 heteroatoms. The van der Waals surface area contributed by atoms with Crippen molar-refractivity contribution in [2.24, 2.45) is 0 Å². The van der Waals surface area contributed by atoms with Gasteiger partial charge in [0.1, 0.15) is 11.4 Å². The number of amides is 1. The van der Waals surface area contributed by atoms with Gasteiger partial charge in [-0.3, -0.25) is 4.79 Å². The summed E-state index contributed by atoms with van der Waals surface area (Å²) in [6.45, 7) is 4.88. The molecule has 2 aromatic rings. The number of hydrogen-bond donors (Lipinski definition) is 1. The highest BCUT2D eigenvalue weighted by molar-refractivity contribution is 5.92. The molecule has 1 amide bonds. The van der Waals surface area contributed by atoms with Crippen molar-refractivity contribution in [2.75, 3.05) is 43.5 Å². The van der Waals surface area contributed by atoms with E-state index in [1.807, 2.05) is 24.0 Å². The van der Waals surface area contributed by atoms with Crippen LogP contribution in [0.5, 0.6) is 5.75 Å². The van der Waals surface area contributed by atoms with Crippen molar-refractivity contribution in [1.82, 2.24) is 14.9 Å². The zero-order valence-corrected chi connectivity index (χ0v) is 17.2. The molecule has 4 rings (SSSR count). The fourth-order valence-corrected chi connectivity index (χ4v) is 4.12. The minimum atomic E-state index is -0.0145. The smallest absolute Gasteiger partial charge is 0.272 e. The molecule has 1 aliphatic heterocycles. The number of aromatic nitrogens is 2. The number of hydrogen-bond acceptors (Lipinski definition) is 6. The van der Waals surface area contributed by atoms with E-state index >= 15 is 0 Å². The summed E-state index contributed by atoms with van der Waals surface area (Å²) in [5, 5.41) is 3.41. The summed E-state index contributed by atoms with van der Waals surface area (Å²) < 4.78 is 5.23. The third kappa shape index (κ3) is 4.60. The van der Waals surface area contributed by atoms with Gasteiger partial charge in [0.2, 0.25) is 5.95 Å². The molecule has 0 atom stereocenters. The average molecular weight is 396 g/mol. The first-order chi connectivity index (χ1) is 14.1. The number of benzene rings is 1. The number of anilines is 2. The highest BCUT2D eigenvalue weighted by Crippen LogP contribution is 2.22. The number of aryl methyl sites for hydroxylation is 1. The number of carbonyl (C=O) groups excluding carboxylic acids is 1. The van der Waals surface area contributed by atoms with Crippen LogP contribution < -0.4 is 15.0 Å². The summed E-state index contributed by atoms with van der Waals surface area (Å²) in [4.78, 5) is 26.2. The van der Waals surface area contributed by atoms with Crippen molar-refractivity contribution in [3.8, 4) is 5.75 Å². The van der Waals surface area contributed by atoms with Gasteiger partial charge in [0.05, 0.1) is 7.11 Å². The molecule has 1 saturated carbocycles. The molecule has 1 saturated heterocycles. The Labute approximate surface area is 172 Å². The third-order valence-electron chi connectivity index (χ3n) is 5.77. The van der Waals surface area contributed by atoms with Gasteiger partial charge in [-0.2, -0.15) is 0 Å². The lowest BCUT2D eigenvalue weighted by atomic mass is 10.2. The van der Waals surface area contributed by atoms with Crippen LogP contribution in [0.1, 0.15) is 41.9 Å². The molecule has 1 aromatic carbocycles. The number of ether oxygens (including phenoxy) is 1. The molecule has 1 N–H and O–H groups in total. The molecule has 0 unspecified atom stereocenters. The van der Waals surface area contributed by atoms with E-state index in [0.717, 1.165) is 43.1 Å². The van der Waals surface area contributed by atoms with Crippen molar-refractivity contribution in [3.05, 3.63) is 41.7 Å². The quantitative estimate of drug-likeness (QED) is 0.839. The zero-order chi connectivity index (χ0) is 20.2. The molecule has 0 radical (unpaired) electrons. The first-order valence-electron chi connectivity index (χ1n) is 10.4. The molecule has 1 aliphatic carbocycles. The van der Waals surface area contributed by atoms with Gasteiger partial charge in [-0.15, -0.1) is 0 Å². The number of nitrogens with zero attached hydrogens (tertiary/aromatic N) is 4. The predicted molar refractivity (Wildman–Crippen MR) is 114 cm³/mol. The zero-order valence-electron chi connectivity index (χ0n) is 17.2. The Hall–Kier alpha value is -2.83. The Balaban J connectivity index is 1.39. The van der Waals surface area contributed by atoms with Gasteiger partial charge in [0, 0.05) is 43.6 Å². The maximum atomic E-state index is 13.0. The number of rotatable bonds is 5. The monoisotopic (exact) mass is 395 g/mol. The standard InChI is InChI=1S/C22H29N5O2/c1-16-15-20(25-22(23-16)24-17-5-3-4-6-17)21(28)27-13-11-26(12-14-27)18-7-9-19(29-2)10-8-18/h7-10,15,17H,3-6,11-14H2,1-2H3,(H,23,24,25). The van der Waals surface area contributed by atoms with Crippen molar-refractivity contribution < 1.29 is 9.53 Å². The summed E-state index contributed by atoms with van der Waals surface area (Å²) in [6.07, 6.45) is 4.78. The van der Waals surface area contributed by atoms with E-state index in [2.05, 4.69) is 32.3 Å². The Kier molecular flexibility index (Phi) is 5.83. The van der Waals surface area contributed by atoms with E-state index in [9.17, 15) is 4.79 Å². The van der Waals surface area contributed by atoms with Crippen molar-refractivity contribution >= 4 is 17.5 Å². The van der Waals surface area contributed by atoms with Crippen LogP contribution in [0.4, 0.5) is 11.6 Å². The second-order valence-electron chi connectivity index (χ2n) is 7.82. The van der Waals surface area contributed by atoms with Crippen LogP contribution in [-0.2, 0) is 0 Å². The lowest BCUT2D eigenvalue weighted by Gasteiger charge is -2.36. The molecule has 2 aliphatic rings. The molecule has 2 fully saturated rings. The maximum Gasteiger partial charge on any atom is 0.272 e. The van der Waals surface area contributed by atoms with Crippen molar-refractivity contribution in [1.29, 1.82) is 0 Å². The third-order valence-corrected chi connectivity index (χ3v) is 5.77. The second kappa shape index (κ2) is 8.68. The summed E-state index contributed by atoms with van der Waals surface area (Å²) in [7, 11) is 1.67. The fourth-order valence-electron chi connectivity index (χ4n) is 4.12. The second-order valence-corrected chi connectivity index (χ2v) is 7.82. The first-order valence-corrected chi connectivity index (χ1v) is 10.4. The molecular weight excluding hydrogens is 366 g/mol. The maximum absolute atomic E-state index is 13.0. The fraction of sp³-hybridized carbons (Fsp3) is 0.500. The molecule has 0 bridgehead atoms. The predicted octanol–water partition coefficient (Wildman–Crippen LogP) is 3.11. The topological polar surface area (TPSA) is 70.6 Å². The molecule has 1 aromatic heterocycles. The van der Waals surface area contributed by atoms with Gasteiger partial charge in [0.25, 0.3) is 5.91 Å². The molecule has 2 heterocycles. The van der Waals surface area contributed by atoms with Gasteiger partial charge in [-0.1, -0.05) is 12.8 Å². The largest absolute Gasteiger partial charge is 0.497 e. The number of piperazine rings is 1. The van der Waals surface area contributed by atoms with Crippen LogP contribution in [-0.4, -0.2) is 60.1 Å². The van der Waals surface area contributed by atoms with Crippen LogP contribution in [0.2, 0.25) is 0 Å². The molecule has 7 nitrogen and oxygen atoms in total. The molecule has 29 heavy (non-hydrogen) atoms. The normalized spacial score (nSPS) is 17.4. The minimum Gasteiger partial charge on any atom is -0.497 e. The van der Waals surface area contributed by atoms with Crippen LogP contribution in [0.3, 0.4) is 0 Å². The number of nitrogens with one attached hydrogen (secondary N) is 1. The van der Waals surface area contributed by atoms with E-state index in [4.69, 9.17) is 4.74 Å². The Bertz CT molecular complexity index is 841. The van der Waals surface area contributed by atoms with E-state index in [-0.39, 0.29) is 5.91 Å². The summed E-state index contributed by atoms with van der Waals surface area (Å²) in [6, 6.07) is 10.3. The van der Waals surface area contributed by atoms with E-state index < -0.39 is 0 Å². The SMILES string of the molecule is COc1ccc(N2CCN(C(=O)c3cc(C)nc(NC4CCCC4)n3)CC2)cc1. The van der Waals surface area contributed by atoms with Crippen LogP contribution in [0, 0.1) is 6.92 Å². The van der Waals surface area contributed by atoms with E-state index in [1.54, 1.807) is 13.2 Å². The summed E-state index contributed by atoms with van der Waals surface area (Å²) in [5.41, 5.74) is 2.45. The number of methoxy groups -OCH3 is 1. The van der Waals surface area contributed by atoms with Gasteiger partial charge < -0.3 is 19.9 Å². The average Bonchev–Trinajstić information content (AvgIpc) is 3.26. The van der Waals surface area contributed by atoms with Gasteiger partial charge in [-0.25, -0.2) is 9.97 Å². The van der Waals surface area contributed by atoms with Gasteiger partial charge in [0.15, 0.2) is 0 Å². The van der Waals surface area contributed by atoms with E-state index in [0.29, 0.717) is 30.8 Å². The van der Waals surface area contributed by atoms with Gasteiger partial charge >= 0.3 is 0 Å². The molecule has 0 spiro atoms. The van der Waals surface area contributed by atoms with Crippen molar-refractivity contribution in [2.45, 2.75) is 38.6 Å². The molecular formula is C22H29N5O2. The summed E-state index contributed by atoms with van der Waals surface area (Å²) in [5.74, 6) is 1.42. The van der Waals surface area contributed by atoms with Gasteiger partial charge in [-0.05, 0) is 50.1 Å². The Morgan fingerprint density at radius 3 is 2.41 bits per heavy atom. The summed E-state index contributed by atoms with van der Waals surface area (Å²) >= 11 is 0. The minimum absolute atomic E-state index is 0.0145. The highest BCUT2D eigenvalue weighted by atomic mass is 16.5. The lowest BCUT2D eigenvalue weighted by Crippen LogP contribution is -2.49. The van der Waals surface area contributed by atoms with E-state index in [1.165, 1.54) is 12.8 Å². The number of carbonyl (C=O) groups is 1. The lowest BCUT2D eigenvalue weighted by molar-refractivity contribution is 0.0740. The highest BCUT2D eigenvalue weighted by Gasteiger charge is 2.24. The van der Waals surface area contributed by atoms with Crippen LogP contribution in [0.25, 0.3) is 0 Å². The molecule has 154 valence electrons. The van der Waals surface area contributed by atoms with Crippen LogP contribution >= 0.6 is 0 Å². The van der Waals surface area contributed by atoms with Crippen LogP contribution in [0.15, 0.2) is 30.3 Å².